The van der Waals surface area contributed by atoms with Crippen LogP contribution in [0.5, 0.6) is 0 Å². The van der Waals surface area contributed by atoms with Gasteiger partial charge in [0.05, 0.1) is 0 Å². The fourth-order valence-corrected chi connectivity index (χ4v) is 0.597. The Morgan fingerprint density at radius 1 is 1.60 bits per heavy atom. The molecule has 0 aromatic carbocycles. The molecule has 2 heteroatoms. The van der Waals surface area contributed by atoms with E-state index >= 15 is 0 Å². The Morgan fingerprint density at radius 3 is 3.00 bits per heavy atom. The highest BCUT2D eigenvalue weighted by Gasteiger charge is 1.90. The highest BCUT2D eigenvalue weighted by molar-refractivity contribution is 5.71. The first-order valence-corrected chi connectivity index (χ1v) is 2.75. The van der Waals surface area contributed by atoms with E-state index in [-0.39, 0.29) is 0 Å². The third-order valence-electron chi connectivity index (χ3n) is 1.04. The van der Waals surface area contributed by atoms with Gasteiger partial charge in [0.25, 0.3) is 0 Å². The van der Waals surface area contributed by atoms with Crippen LogP contribution in [-0.4, -0.2) is 11.3 Å². The van der Waals surface area contributed by atoms with Crippen molar-refractivity contribution < 1.29 is 4.79 Å². The number of nitrogens with zero attached hydrogens (tertiary/aromatic N) is 1. The number of pyridine rings is 1. The Kier molecular flexibility index (Phi) is 1.81. The van der Waals surface area contributed by atoms with Crippen molar-refractivity contribution >= 4 is 6.29 Å². The Bertz CT molecular complexity index is 286. The second-order valence-electron chi connectivity index (χ2n) is 1.71. The summed E-state index contributed by atoms with van der Waals surface area (Å²) in [4.78, 5) is 13.9. The van der Waals surface area contributed by atoms with Gasteiger partial charge < -0.3 is 0 Å². The van der Waals surface area contributed by atoms with Crippen LogP contribution in [-0.2, 0) is 0 Å². The van der Waals surface area contributed by atoms with Gasteiger partial charge in [0.15, 0.2) is 6.29 Å². The highest BCUT2D eigenvalue weighted by atomic mass is 16.1. The second kappa shape index (κ2) is 2.79. The molecular weight excluding hydrogens is 126 g/mol. The molecule has 0 spiro atoms. The summed E-state index contributed by atoms with van der Waals surface area (Å²) in [6, 6.07) is 4.98. The summed E-state index contributed by atoms with van der Waals surface area (Å²) in [6.07, 6.45) is 5.71. The maximum Gasteiger partial charge on any atom is 0.168 e. The summed E-state index contributed by atoms with van der Waals surface area (Å²) in [5.41, 5.74) is 0.861. The van der Waals surface area contributed by atoms with Crippen molar-refractivity contribution in [2.24, 2.45) is 0 Å². The molecule has 0 amide bonds. The smallest absolute Gasteiger partial charge is 0.168 e. The van der Waals surface area contributed by atoms with E-state index in [4.69, 9.17) is 6.42 Å². The van der Waals surface area contributed by atoms with Crippen molar-refractivity contribution in [3.63, 3.8) is 0 Å². The predicted molar refractivity (Wildman–Crippen MR) is 37.6 cm³/mol. The second-order valence-corrected chi connectivity index (χ2v) is 1.71. The molecule has 0 aliphatic rings. The first-order chi connectivity index (χ1) is 4.86. The molecule has 0 saturated carbocycles. The van der Waals surface area contributed by atoms with E-state index in [0.29, 0.717) is 17.7 Å². The molecule has 0 N–H and O–H groups in total. The quantitative estimate of drug-likeness (QED) is 0.418. The van der Waals surface area contributed by atoms with Crippen molar-refractivity contribution in [1.29, 1.82) is 0 Å². The largest absolute Gasteiger partial charge is 0.296 e. The lowest BCUT2D eigenvalue weighted by atomic mass is 10.3. The number of aldehydes is 1. The summed E-state index contributed by atoms with van der Waals surface area (Å²) in [6.45, 7) is 0. The van der Waals surface area contributed by atoms with Crippen LogP contribution in [0.3, 0.4) is 0 Å². The molecular formula is C8H5NO. The third kappa shape index (κ3) is 1.20. The van der Waals surface area contributed by atoms with Gasteiger partial charge in [-0.25, -0.2) is 4.98 Å². The minimum absolute atomic E-state index is 0.371. The summed E-state index contributed by atoms with van der Waals surface area (Å²) < 4.78 is 0. The van der Waals surface area contributed by atoms with Crippen LogP contribution in [0.25, 0.3) is 0 Å². The van der Waals surface area contributed by atoms with E-state index < -0.39 is 0 Å². The topological polar surface area (TPSA) is 30.0 Å². The van der Waals surface area contributed by atoms with Crippen LogP contribution < -0.4 is 0 Å². The zero-order valence-corrected chi connectivity index (χ0v) is 5.24. The van der Waals surface area contributed by atoms with Gasteiger partial charge in [0, 0.05) is 0 Å². The van der Waals surface area contributed by atoms with E-state index in [1.165, 1.54) is 0 Å². The molecule has 2 nitrogen and oxygen atoms in total. The van der Waals surface area contributed by atoms with E-state index in [2.05, 4.69) is 10.9 Å². The van der Waals surface area contributed by atoms with Crippen LogP contribution in [0, 0.1) is 12.3 Å². The Balaban J connectivity index is 3.13. The molecule has 0 saturated heterocycles. The molecule has 0 unspecified atom stereocenters. The molecule has 0 aliphatic heterocycles. The SMILES string of the molecule is C#Cc1cccc(C=O)n1. The number of rotatable bonds is 1. The molecule has 1 aromatic heterocycles. The van der Waals surface area contributed by atoms with Crippen LogP contribution in [0.15, 0.2) is 18.2 Å². The lowest BCUT2D eigenvalue weighted by molar-refractivity contribution is 0.111. The zero-order valence-electron chi connectivity index (χ0n) is 5.24. The predicted octanol–water partition coefficient (Wildman–Crippen LogP) is 0.875. The average molecular weight is 131 g/mol. The average Bonchev–Trinajstić information content (AvgIpc) is 2.05. The molecule has 1 aromatic rings. The van der Waals surface area contributed by atoms with Gasteiger partial charge in [-0.2, -0.15) is 0 Å². The Hall–Kier alpha value is -1.62. The summed E-state index contributed by atoms with van der Waals surface area (Å²) in [5.74, 6) is 2.33. The molecule has 0 fully saturated rings. The fraction of sp³-hybridized carbons (Fsp3) is 0. The summed E-state index contributed by atoms with van der Waals surface area (Å²) >= 11 is 0. The van der Waals surface area contributed by atoms with Crippen molar-refractivity contribution in [2.45, 2.75) is 0 Å². The lowest BCUT2D eigenvalue weighted by Gasteiger charge is -1.88. The zero-order chi connectivity index (χ0) is 7.40. The number of aromatic nitrogens is 1. The summed E-state index contributed by atoms with van der Waals surface area (Å²) in [7, 11) is 0. The van der Waals surface area contributed by atoms with Gasteiger partial charge >= 0.3 is 0 Å². The monoisotopic (exact) mass is 131 g/mol. The fourth-order valence-electron chi connectivity index (χ4n) is 0.597. The molecule has 1 rings (SSSR count). The lowest BCUT2D eigenvalue weighted by Crippen LogP contribution is -1.88. The standard InChI is InChI=1S/C8H5NO/c1-2-7-4-3-5-8(6-10)9-7/h1,3-6H. The van der Waals surface area contributed by atoms with Gasteiger partial charge in [-0.3, -0.25) is 4.79 Å². The molecule has 0 atom stereocenters. The first-order valence-electron chi connectivity index (χ1n) is 2.75. The van der Waals surface area contributed by atoms with Gasteiger partial charge in [-0.15, -0.1) is 6.42 Å². The Morgan fingerprint density at radius 2 is 2.40 bits per heavy atom. The minimum Gasteiger partial charge on any atom is -0.296 e. The Labute approximate surface area is 58.9 Å². The van der Waals surface area contributed by atoms with Crippen molar-refractivity contribution in [2.75, 3.05) is 0 Å². The molecule has 0 bridgehead atoms. The van der Waals surface area contributed by atoms with Crippen molar-refractivity contribution in [1.82, 2.24) is 4.98 Å². The maximum atomic E-state index is 10.1. The number of carbonyl (C=O) groups is 1. The first kappa shape index (κ1) is 6.50. The molecule has 0 aliphatic carbocycles. The van der Waals surface area contributed by atoms with Crippen LogP contribution in [0.2, 0.25) is 0 Å². The van der Waals surface area contributed by atoms with E-state index in [0.717, 1.165) is 0 Å². The molecule has 48 valence electrons. The van der Waals surface area contributed by atoms with Gasteiger partial charge in [-0.05, 0) is 12.1 Å². The number of terminal acetylenes is 1. The van der Waals surface area contributed by atoms with E-state index in [1.54, 1.807) is 18.2 Å². The van der Waals surface area contributed by atoms with Gasteiger partial charge in [0.2, 0.25) is 0 Å². The number of hydrogen-bond acceptors (Lipinski definition) is 2. The normalized spacial score (nSPS) is 8.30. The minimum atomic E-state index is 0.371. The molecule has 0 radical (unpaired) electrons. The number of hydrogen-bond donors (Lipinski definition) is 0. The molecule has 10 heavy (non-hydrogen) atoms. The third-order valence-corrected chi connectivity index (χ3v) is 1.04. The van der Waals surface area contributed by atoms with Crippen LogP contribution >= 0.6 is 0 Å². The summed E-state index contributed by atoms with van der Waals surface area (Å²) in [5, 5.41) is 0. The number of carbonyl (C=O) groups excluding carboxylic acids is 1. The molecule has 1 heterocycles. The maximum absolute atomic E-state index is 10.1. The van der Waals surface area contributed by atoms with Crippen LogP contribution in [0.4, 0.5) is 0 Å². The highest BCUT2D eigenvalue weighted by Crippen LogP contribution is 1.93. The van der Waals surface area contributed by atoms with Gasteiger partial charge in [0.1, 0.15) is 11.4 Å². The van der Waals surface area contributed by atoms with Crippen molar-refractivity contribution in [3.8, 4) is 12.3 Å². The van der Waals surface area contributed by atoms with E-state index in [9.17, 15) is 4.79 Å². The van der Waals surface area contributed by atoms with Crippen LogP contribution in [0.1, 0.15) is 16.2 Å². The van der Waals surface area contributed by atoms with Gasteiger partial charge in [-0.1, -0.05) is 12.0 Å². The van der Waals surface area contributed by atoms with Crippen molar-refractivity contribution in [3.05, 3.63) is 29.6 Å². The van der Waals surface area contributed by atoms with E-state index in [1.807, 2.05) is 0 Å².